The van der Waals surface area contributed by atoms with Crippen LogP contribution in [0, 0.1) is 38.6 Å². The van der Waals surface area contributed by atoms with Crippen LogP contribution in [-0.2, 0) is 0 Å². The van der Waals surface area contributed by atoms with E-state index in [1.54, 1.807) is 24.3 Å². The van der Waals surface area contributed by atoms with Gasteiger partial charge in [0.05, 0.1) is 5.56 Å². The first kappa shape index (κ1) is 14.9. The molecule has 0 saturated heterocycles. The summed E-state index contributed by atoms with van der Waals surface area (Å²) in [5.41, 5.74) is 1.26. The number of benzene rings is 2. The molecule has 0 bridgehead atoms. The Morgan fingerprint density at radius 3 is 1.67 bits per heavy atom. The molecule has 2 aromatic carbocycles. The fourth-order valence-electron chi connectivity index (χ4n) is 1.52. The number of hydrogen-bond donors (Lipinski definition) is 1. The summed E-state index contributed by atoms with van der Waals surface area (Å²) in [4.78, 5) is 22.6. The van der Waals surface area contributed by atoms with Crippen molar-refractivity contribution in [3.8, 4) is 0 Å². The third-order valence-electron chi connectivity index (χ3n) is 2.43. The molecule has 18 heavy (non-hydrogen) atoms. The van der Waals surface area contributed by atoms with E-state index in [2.05, 4.69) is 0 Å². The molecule has 93 valence electrons. The number of hydrogen-bond acceptors (Lipinski definition) is 2. The van der Waals surface area contributed by atoms with Crippen molar-refractivity contribution in [2.45, 2.75) is 0 Å². The van der Waals surface area contributed by atoms with Crippen molar-refractivity contribution in [1.82, 2.24) is 0 Å². The molecule has 2 aromatic rings. The van der Waals surface area contributed by atoms with Crippen LogP contribution in [0.3, 0.4) is 0 Å². The van der Waals surface area contributed by atoms with Crippen molar-refractivity contribution in [2.24, 2.45) is 0 Å². The van der Waals surface area contributed by atoms with Crippen molar-refractivity contribution >= 4 is 11.8 Å². The Hall–Kier alpha value is -1.13. The van der Waals surface area contributed by atoms with E-state index in [-0.39, 0.29) is 50.0 Å². The zero-order chi connectivity index (χ0) is 12.3. The Labute approximate surface area is 135 Å². The smallest absolute Gasteiger partial charge is 0.335 e. The number of aromatic carboxylic acids is 1. The van der Waals surface area contributed by atoms with Gasteiger partial charge in [-0.1, -0.05) is 42.5 Å². The van der Waals surface area contributed by atoms with Crippen LogP contribution in [0.1, 0.15) is 26.3 Å². The number of ketones is 1. The van der Waals surface area contributed by atoms with E-state index in [9.17, 15) is 9.59 Å². The quantitative estimate of drug-likeness (QED) is 0.827. The minimum atomic E-state index is -0.997. The summed E-state index contributed by atoms with van der Waals surface area (Å²) in [5.74, 6) is -1.11. The van der Waals surface area contributed by atoms with Gasteiger partial charge in [0.1, 0.15) is 0 Å². The molecule has 0 aliphatic rings. The first-order valence-electron chi connectivity index (χ1n) is 5.11. The average Bonchev–Trinajstić information content (AvgIpc) is 2.39. The van der Waals surface area contributed by atoms with E-state index >= 15 is 0 Å². The Morgan fingerprint density at radius 1 is 0.722 bits per heavy atom. The molecule has 4 heteroatoms. The summed E-state index contributed by atoms with van der Waals surface area (Å²) >= 11 is 0. The summed E-state index contributed by atoms with van der Waals surface area (Å²) in [6, 6.07) is 14.8. The van der Waals surface area contributed by atoms with Gasteiger partial charge in [-0.2, -0.15) is 0 Å². The second-order valence-electron chi connectivity index (χ2n) is 3.58. The van der Waals surface area contributed by atoms with Crippen LogP contribution in [-0.4, -0.2) is 16.9 Å². The van der Waals surface area contributed by atoms with Gasteiger partial charge in [0.2, 0.25) is 0 Å². The van der Waals surface area contributed by atoms with Gasteiger partial charge < -0.3 is 5.11 Å². The minimum Gasteiger partial charge on any atom is -0.478 e. The minimum absolute atomic E-state index is 0. The second-order valence-corrected chi connectivity index (χ2v) is 3.58. The predicted octanol–water partition coefficient (Wildman–Crippen LogP) is 2.62. The first-order valence-corrected chi connectivity index (χ1v) is 5.11. The molecule has 0 unspecified atom stereocenters. The molecular formula is C14H10O3Tb. The van der Waals surface area contributed by atoms with Gasteiger partial charge in [-0.05, 0) is 12.1 Å². The molecule has 0 amide bonds. The molecule has 0 saturated carbocycles. The third-order valence-corrected chi connectivity index (χ3v) is 2.43. The predicted molar refractivity (Wildman–Crippen MR) is 63.3 cm³/mol. The van der Waals surface area contributed by atoms with E-state index in [4.69, 9.17) is 5.11 Å². The molecule has 0 aliphatic heterocycles. The van der Waals surface area contributed by atoms with E-state index < -0.39 is 5.97 Å². The van der Waals surface area contributed by atoms with Gasteiger partial charge >= 0.3 is 5.97 Å². The summed E-state index contributed by atoms with van der Waals surface area (Å²) in [6.45, 7) is 0. The molecule has 0 heterocycles. The van der Waals surface area contributed by atoms with Gasteiger partial charge in [-0.3, -0.25) is 4.79 Å². The SMILES string of the molecule is O=C(O)c1ccc(C(=O)c2ccccc2)cc1.[Tb]. The monoisotopic (exact) mass is 385 g/mol. The standard InChI is InChI=1S/C14H10O3.Tb/c15-13(10-4-2-1-3-5-10)11-6-8-12(9-7-11)14(16)17;/h1-9H,(H,16,17);. The van der Waals surface area contributed by atoms with Gasteiger partial charge in [0.15, 0.2) is 5.78 Å². The van der Waals surface area contributed by atoms with E-state index in [0.29, 0.717) is 11.1 Å². The molecule has 2 rings (SSSR count). The Bertz CT molecular complexity index is 547. The first-order chi connectivity index (χ1) is 8.18. The second kappa shape index (κ2) is 6.71. The van der Waals surface area contributed by atoms with Gasteiger partial charge in [0.25, 0.3) is 0 Å². The number of carboxylic acids is 1. The van der Waals surface area contributed by atoms with Gasteiger partial charge in [0, 0.05) is 49.7 Å². The Kier molecular flexibility index (Phi) is 5.56. The summed E-state index contributed by atoms with van der Waals surface area (Å²) < 4.78 is 0. The van der Waals surface area contributed by atoms with Crippen LogP contribution >= 0.6 is 0 Å². The molecule has 0 aromatic heterocycles. The van der Waals surface area contributed by atoms with Crippen LogP contribution in [0.15, 0.2) is 54.6 Å². The van der Waals surface area contributed by atoms with Crippen LogP contribution in [0.25, 0.3) is 0 Å². The van der Waals surface area contributed by atoms with Crippen LogP contribution < -0.4 is 0 Å². The number of carbonyl (C=O) groups excluding carboxylic acids is 1. The van der Waals surface area contributed by atoms with Crippen molar-refractivity contribution < 1.29 is 53.3 Å². The molecule has 0 aliphatic carbocycles. The summed E-state index contributed by atoms with van der Waals surface area (Å²) in [6.07, 6.45) is 0. The van der Waals surface area contributed by atoms with Crippen molar-refractivity contribution in [3.63, 3.8) is 0 Å². The molecule has 3 nitrogen and oxygen atoms in total. The number of rotatable bonds is 3. The largest absolute Gasteiger partial charge is 0.478 e. The van der Waals surface area contributed by atoms with Crippen LogP contribution in [0.2, 0.25) is 0 Å². The van der Waals surface area contributed by atoms with Crippen molar-refractivity contribution in [2.75, 3.05) is 0 Å². The molecule has 1 N–H and O–H groups in total. The maximum atomic E-state index is 12.0. The maximum absolute atomic E-state index is 12.0. The number of carbonyl (C=O) groups is 2. The van der Waals surface area contributed by atoms with E-state index in [1.807, 2.05) is 6.07 Å². The molecule has 0 fully saturated rings. The average molecular weight is 385 g/mol. The van der Waals surface area contributed by atoms with E-state index in [0.717, 1.165) is 0 Å². The summed E-state index contributed by atoms with van der Waals surface area (Å²) in [5, 5.41) is 8.75. The van der Waals surface area contributed by atoms with Crippen molar-refractivity contribution in [1.29, 1.82) is 0 Å². The third kappa shape index (κ3) is 3.43. The Balaban J connectivity index is 0.00000162. The molecule has 0 spiro atoms. The van der Waals surface area contributed by atoms with Crippen LogP contribution in [0.4, 0.5) is 0 Å². The molecular weight excluding hydrogens is 375 g/mol. The summed E-state index contributed by atoms with van der Waals surface area (Å²) in [7, 11) is 0. The molecule has 1 radical (unpaired) electrons. The zero-order valence-corrected chi connectivity index (χ0v) is 11.4. The Morgan fingerprint density at radius 2 is 1.17 bits per heavy atom. The van der Waals surface area contributed by atoms with Crippen LogP contribution in [0.5, 0.6) is 0 Å². The zero-order valence-electron chi connectivity index (χ0n) is 9.29. The maximum Gasteiger partial charge on any atom is 0.335 e. The topological polar surface area (TPSA) is 54.4 Å². The normalized spacial score (nSPS) is 9.33. The van der Waals surface area contributed by atoms with E-state index in [1.165, 1.54) is 24.3 Å². The van der Waals surface area contributed by atoms with Gasteiger partial charge in [-0.15, -0.1) is 0 Å². The van der Waals surface area contributed by atoms with Gasteiger partial charge in [-0.25, -0.2) is 4.79 Å². The fourth-order valence-corrected chi connectivity index (χ4v) is 1.52. The number of carboxylic acid groups (broad SMARTS) is 1. The van der Waals surface area contributed by atoms with Crippen molar-refractivity contribution in [3.05, 3.63) is 71.3 Å². The molecule has 0 atom stereocenters. The fraction of sp³-hybridized carbons (Fsp3) is 0.